The Kier molecular flexibility index (Phi) is 8.29. The summed E-state index contributed by atoms with van der Waals surface area (Å²) in [6, 6.07) is 21.7. The summed E-state index contributed by atoms with van der Waals surface area (Å²) in [5.74, 6) is -0.359. The number of anilines is 2. The van der Waals surface area contributed by atoms with Gasteiger partial charge in [0.15, 0.2) is 0 Å². The third-order valence-corrected chi connectivity index (χ3v) is 6.79. The van der Waals surface area contributed by atoms with Crippen molar-refractivity contribution in [1.82, 2.24) is 5.32 Å². The Hall–Kier alpha value is -3.64. The Morgan fingerprint density at radius 3 is 2.38 bits per heavy atom. The standard InChI is InChI=1S/C31H37N3O3/c1-31(2,3)25-12-10-23(11-13-25)29(35)33-26-14-15-28(27(20-26)30(36)32-17-7-19-37-4)34-18-16-22-8-5-6-9-24(22)21-34/h5-6,8-15,20H,7,16-19,21H2,1-4H3,(H,32,36)(H,33,35). The van der Waals surface area contributed by atoms with Crippen molar-refractivity contribution in [2.75, 3.05) is 37.0 Å². The summed E-state index contributed by atoms with van der Waals surface area (Å²) in [5.41, 5.74) is 6.41. The predicted octanol–water partition coefficient (Wildman–Crippen LogP) is 5.57. The molecule has 0 radical (unpaired) electrons. The minimum atomic E-state index is -0.202. The first-order valence-corrected chi connectivity index (χ1v) is 12.9. The molecule has 0 saturated heterocycles. The summed E-state index contributed by atoms with van der Waals surface area (Å²) in [4.78, 5) is 28.5. The predicted molar refractivity (Wildman–Crippen MR) is 150 cm³/mol. The number of carbonyl (C=O) groups excluding carboxylic acids is 2. The molecule has 37 heavy (non-hydrogen) atoms. The molecule has 2 amide bonds. The lowest BCUT2D eigenvalue weighted by atomic mass is 9.87. The highest BCUT2D eigenvalue weighted by Gasteiger charge is 2.22. The minimum Gasteiger partial charge on any atom is -0.385 e. The fourth-order valence-electron chi connectivity index (χ4n) is 4.61. The maximum absolute atomic E-state index is 13.3. The normalized spacial score (nSPS) is 13.1. The van der Waals surface area contributed by atoms with Crippen molar-refractivity contribution < 1.29 is 14.3 Å². The summed E-state index contributed by atoms with van der Waals surface area (Å²) in [6.07, 6.45) is 1.66. The highest BCUT2D eigenvalue weighted by atomic mass is 16.5. The fourth-order valence-corrected chi connectivity index (χ4v) is 4.61. The van der Waals surface area contributed by atoms with Gasteiger partial charge in [-0.1, -0.05) is 57.2 Å². The van der Waals surface area contributed by atoms with Crippen LogP contribution in [-0.2, 0) is 23.1 Å². The van der Waals surface area contributed by atoms with Gasteiger partial charge in [0.1, 0.15) is 0 Å². The third kappa shape index (κ3) is 6.57. The van der Waals surface area contributed by atoms with E-state index in [0.717, 1.165) is 31.6 Å². The largest absolute Gasteiger partial charge is 0.385 e. The zero-order valence-corrected chi connectivity index (χ0v) is 22.3. The highest BCUT2D eigenvalue weighted by molar-refractivity contribution is 6.06. The van der Waals surface area contributed by atoms with Gasteiger partial charge in [0.05, 0.1) is 5.56 Å². The van der Waals surface area contributed by atoms with Gasteiger partial charge in [0, 0.05) is 50.3 Å². The van der Waals surface area contributed by atoms with Crippen LogP contribution < -0.4 is 15.5 Å². The zero-order chi connectivity index (χ0) is 26.4. The van der Waals surface area contributed by atoms with E-state index in [1.165, 1.54) is 16.7 Å². The van der Waals surface area contributed by atoms with Crippen molar-refractivity contribution in [3.8, 4) is 0 Å². The Balaban J connectivity index is 1.56. The van der Waals surface area contributed by atoms with Crippen LogP contribution in [0.25, 0.3) is 0 Å². The Morgan fingerprint density at radius 1 is 0.946 bits per heavy atom. The molecule has 0 aliphatic carbocycles. The quantitative estimate of drug-likeness (QED) is 0.398. The molecule has 0 spiro atoms. The zero-order valence-electron chi connectivity index (χ0n) is 22.3. The van der Waals surface area contributed by atoms with E-state index in [1.807, 2.05) is 36.4 Å². The molecule has 0 atom stereocenters. The molecule has 1 heterocycles. The lowest BCUT2D eigenvalue weighted by Crippen LogP contribution is -2.33. The van der Waals surface area contributed by atoms with Gasteiger partial charge in [-0.2, -0.15) is 0 Å². The molecule has 3 aromatic rings. The number of hydrogen-bond donors (Lipinski definition) is 2. The second-order valence-corrected chi connectivity index (χ2v) is 10.6. The van der Waals surface area contributed by atoms with Gasteiger partial charge in [-0.25, -0.2) is 0 Å². The van der Waals surface area contributed by atoms with E-state index >= 15 is 0 Å². The third-order valence-electron chi connectivity index (χ3n) is 6.79. The molecule has 1 aliphatic heterocycles. The molecule has 2 N–H and O–H groups in total. The summed E-state index contributed by atoms with van der Waals surface area (Å²) in [7, 11) is 1.65. The molecule has 0 aromatic heterocycles. The van der Waals surface area contributed by atoms with Crippen molar-refractivity contribution >= 4 is 23.2 Å². The SMILES string of the molecule is COCCCNC(=O)c1cc(NC(=O)c2ccc(C(C)(C)C)cc2)ccc1N1CCc2ccccc2C1. The lowest BCUT2D eigenvalue weighted by molar-refractivity contribution is 0.0947. The molecule has 194 valence electrons. The molecular formula is C31H37N3O3. The van der Waals surface area contributed by atoms with E-state index in [4.69, 9.17) is 4.74 Å². The molecule has 0 unspecified atom stereocenters. The molecule has 0 saturated carbocycles. The number of methoxy groups -OCH3 is 1. The van der Waals surface area contributed by atoms with Gasteiger partial charge in [0.2, 0.25) is 0 Å². The molecular weight excluding hydrogens is 462 g/mol. The van der Waals surface area contributed by atoms with Gasteiger partial charge in [-0.3, -0.25) is 9.59 Å². The Labute approximate surface area is 220 Å². The maximum Gasteiger partial charge on any atom is 0.255 e. The van der Waals surface area contributed by atoms with Crippen LogP contribution in [0, 0.1) is 0 Å². The number of nitrogens with zero attached hydrogens (tertiary/aromatic N) is 1. The van der Waals surface area contributed by atoms with Gasteiger partial charge < -0.3 is 20.3 Å². The van der Waals surface area contributed by atoms with Crippen molar-refractivity contribution in [2.24, 2.45) is 0 Å². The number of amides is 2. The summed E-state index contributed by atoms with van der Waals surface area (Å²) < 4.78 is 5.11. The molecule has 4 rings (SSSR count). The van der Waals surface area contributed by atoms with E-state index in [0.29, 0.717) is 30.0 Å². The first-order chi connectivity index (χ1) is 17.8. The van der Waals surface area contributed by atoms with Crippen molar-refractivity contribution in [1.29, 1.82) is 0 Å². The van der Waals surface area contributed by atoms with E-state index < -0.39 is 0 Å². The van der Waals surface area contributed by atoms with Crippen molar-refractivity contribution in [3.05, 3.63) is 94.5 Å². The van der Waals surface area contributed by atoms with Crippen LogP contribution in [0.1, 0.15) is 64.6 Å². The van der Waals surface area contributed by atoms with Gasteiger partial charge >= 0.3 is 0 Å². The number of nitrogens with one attached hydrogen (secondary N) is 2. The molecule has 0 bridgehead atoms. The number of rotatable bonds is 8. The summed E-state index contributed by atoms with van der Waals surface area (Å²) >= 11 is 0. The van der Waals surface area contributed by atoms with E-state index in [9.17, 15) is 9.59 Å². The Morgan fingerprint density at radius 2 is 1.68 bits per heavy atom. The van der Waals surface area contributed by atoms with Crippen LogP contribution in [-0.4, -0.2) is 38.6 Å². The number of fused-ring (bicyclic) bond motifs is 1. The van der Waals surface area contributed by atoms with Gasteiger partial charge in [-0.05, 0) is 65.3 Å². The van der Waals surface area contributed by atoms with E-state index in [1.54, 1.807) is 13.2 Å². The topological polar surface area (TPSA) is 70.7 Å². The molecule has 6 nitrogen and oxygen atoms in total. The second kappa shape index (κ2) is 11.6. The maximum atomic E-state index is 13.3. The number of hydrogen-bond acceptors (Lipinski definition) is 4. The first-order valence-electron chi connectivity index (χ1n) is 12.9. The smallest absolute Gasteiger partial charge is 0.255 e. The second-order valence-electron chi connectivity index (χ2n) is 10.6. The van der Waals surface area contributed by atoms with E-state index in [-0.39, 0.29) is 17.2 Å². The molecule has 3 aromatic carbocycles. The van der Waals surface area contributed by atoms with Crippen LogP contribution in [0.15, 0.2) is 66.7 Å². The monoisotopic (exact) mass is 499 g/mol. The van der Waals surface area contributed by atoms with Crippen LogP contribution in [0.4, 0.5) is 11.4 Å². The average Bonchev–Trinajstić information content (AvgIpc) is 2.90. The van der Waals surface area contributed by atoms with Crippen LogP contribution >= 0.6 is 0 Å². The van der Waals surface area contributed by atoms with E-state index in [2.05, 4.69) is 60.6 Å². The first kappa shape index (κ1) is 26.4. The Bertz CT molecular complexity index is 1250. The number of benzene rings is 3. The summed E-state index contributed by atoms with van der Waals surface area (Å²) in [6.45, 7) is 9.11. The van der Waals surface area contributed by atoms with Crippen LogP contribution in [0.2, 0.25) is 0 Å². The molecule has 1 aliphatic rings. The number of carbonyl (C=O) groups is 2. The van der Waals surface area contributed by atoms with Crippen molar-refractivity contribution in [2.45, 2.75) is 45.6 Å². The fraction of sp³-hybridized carbons (Fsp3) is 0.355. The lowest BCUT2D eigenvalue weighted by Gasteiger charge is -2.32. The van der Waals surface area contributed by atoms with Crippen LogP contribution in [0.5, 0.6) is 0 Å². The van der Waals surface area contributed by atoms with Gasteiger partial charge in [-0.15, -0.1) is 0 Å². The molecule has 0 fully saturated rings. The molecule has 6 heteroatoms. The van der Waals surface area contributed by atoms with Crippen LogP contribution in [0.3, 0.4) is 0 Å². The minimum absolute atomic E-state index is 0.0192. The average molecular weight is 500 g/mol. The summed E-state index contributed by atoms with van der Waals surface area (Å²) in [5, 5.41) is 5.98. The highest BCUT2D eigenvalue weighted by Crippen LogP contribution is 2.30. The number of ether oxygens (including phenoxy) is 1. The van der Waals surface area contributed by atoms with Gasteiger partial charge in [0.25, 0.3) is 11.8 Å². The van der Waals surface area contributed by atoms with Crippen molar-refractivity contribution in [3.63, 3.8) is 0 Å².